The molecule has 0 spiro atoms. The third-order valence-electron chi connectivity index (χ3n) is 2.19. The molecule has 4 nitrogen and oxygen atoms in total. The summed E-state index contributed by atoms with van der Waals surface area (Å²) in [7, 11) is 0. The van der Waals surface area contributed by atoms with E-state index in [9.17, 15) is 4.79 Å². The van der Waals surface area contributed by atoms with Gasteiger partial charge < -0.3 is 5.32 Å². The molecular weight excluding hydrogens is 305 g/mol. The highest BCUT2D eigenvalue weighted by molar-refractivity contribution is 9.10. The Bertz CT molecular complexity index is 528. The number of halogens is 2. The van der Waals surface area contributed by atoms with E-state index in [1.165, 1.54) is 0 Å². The summed E-state index contributed by atoms with van der Waals surface area (Å²) in [4.78, 5) is 11.9. The maximum absolute atomic E-state index is 11.9. The van der Waals surface area contributed by atoms with Gasteiger partial charge in [0.2, 0.25) is 0 Å². The summed E-state index contributed by atoms with van der Waals surface area (Å²) < 4.78 is 0.702. The van der Waals surface area contributed by atoms with Crippen LogP contribution in [0.25, 0.3) is 0 Å². The van der Waals surface area contributed by atoms with Gasteiger partial charge >= 0.3 is 0 Å². The predicted octanol–water partition coefficient (Wildman–Crippen LogP) is 2.76. The zero-order valence-corrected chi connectivity index (χ0v) is 11.0. The fourth-order valence-corrected chi connectivity index (χ4v) is 1.91. The van der Waals surface area contributed by atoms with Crippen LogP contribution in [0.4, 0.5) is 0 Å². The molecule has 1 amide bonds. The number of hydrogen-bond donors (Lipinski definition) is 2. The second-order valence-electron chi connectivity index (χ2n) is 3.37. The number of carbonyl (C=O) groups excluding carboxylic acids is 1. The minimum atomic E-state index is -0.217. The molecule has 0 aliphatic heterocycles. The van der Waals surface area contributed by atoms with E-state index < -0.39 is 0 Å². The first-order valence-corrected chi connectivity index (χ1v) is 6.06. The molecule has 1 aromatic carbocycles. The number of amides is 1. The predicted molar refractivity (Wildman–Crippen MR) is 68.9 cm³/mol. The van der Waals surface area contributed by atoms with Crippen LogP contribution in [0.1, 0.15) is 16.1 Å². The zero-order chi connectivity index (χ0) is 12.3. The molecule has 0 fully saturated rings. The highest BCUT2D eigenvalue weighted by atomic mass is 79.9. The standard InChI is InChI=1S/C11H9BrClN3O/c12-9-3-1-2-8(10(9)13)11(17)14-6-7-4-5-15-16-7/h1-5H,6H2,(H,14,17)(H,15,16). The van der Waals surface area contributed by atoms with Crippen LogP contribution in [0.2, 0.25) is 5.02 Å². The van der Waals surface area contributed by atoms with Gasteiger partial charge in [-0.25, -0.2) is 0 Å². The molecule has 2 rings (SSSR count). The Labute approximate surface area is 111 Å². The van der Waals surface area contributed by atoms with Crippen molar-refractivity contribution < 1.29 is 4.79 Å². The second kappa shape index (κ2) is 5.33. The Morgan fingerprint density at radius 2 is 2.29 bits per heavy atom. The Hall–Kier alpha value is -1.33. The first kappa shape index (κ1) is 12.1. The van der Waals surface area contributed by atoms with Gasteiger partial charge in [-0.3, -0.25) is 9.89 Å². The molecule has 0 atom stereocenters. The van der Waals surface area contributed by atoms with Crippen LogP contribution in [0, 0.1) is 0 Å². The molecule has 0 saturated carbocycles. The summed E-state index contributed by atoms with van der Waals surface area (Å²) in [6, 6.07) is 7.02. The summed E-state index contributed by atoms with van der Waals surface area (Å²) in [5.74, 6) is -0.217. The van der Waals surface area contributed by atoms with Crippen LogP contribution in [-0.4, -0.2) is 16.1 Å². The maximum atomic E-state index is 11.9. The van der Waals surface area contributed by atoms with Crippen LogP contribution in [0.15, 0.2) is 34.9 Å². The van der Waals surface area contributed by atoms with Gasteiger partial charge in [-0.05, 0) is 34.1 Å². The SMILES string of the molecule is O=C(NCc1ccn[nH]1)c1cccc(Br)c1Cl. The molecule has 0 unspecified atom stereocenters. The summed E-state index contributed by atoms with van der Waals surface area (Å²) in [6.45, 7) is 0.391. The smallest absolute Gasteiger partial charge is 0.253 e. The number of aromatic nitrogens is 2. The van der Waals surface area contributed by atoms with Crippen molar-refractivity contribution in [2.24, 2.45) is 0 Å². The molecule has 0 radical (unpaired) electrons. The van der Waals surface area contributed by atoms with E-state index in [0.29, 0.717) is 21.6 Å². The van der Waals surface area contributed by atoms with Gasteiger partial charge in [-0.15, -0.1) is 0 Å². The maximum Gasteiger partial charge on any atom is 0.253 e. The molecule has 17 heavy (non-hydrogen) atoms. The lowest BCUT2D eigenvalue weighted by atomic mass is 10.2. The van der Waals surface area contributed by atoms with Crippen molar-refractivity contribution in [1.82, 2.24) is 15.5 Å². The van der Waals surface area contributed by atoms with Crippen LogP contribution in [0.3, 0.4) is 0 Å². The highest BCUT2D eigenvalue weighted by Crippen LogP contribution is 2.25. The number of hydrogen-bond acceptors (Lipinski definition) is 2. The van der Waals surface area contributed by atoms with E-state index in [1.54, 1.807) is 30.5 Å². The summed E-state index contributed by atoms with van der Waals surface area (Å²) in [5, 5.41) is 9.72. The lowest BCUT2D eigenvalue weighted by Gasteiger charge is -2.06. The highest BCUT2D eigenvalue weighted by Gasteiger charge is 2.11. The fourth-order valence-electron chi connectivity index (χ4n) is 1.33. The topological polar surface area (TPSA) is 57.8 Å². The van der Waals surface area contributed by atoms with E-state index in [0.717, 1.165) is 5.69 Å². The molecule has 6 heteroatoms. The minimum absolute atomic E-state index is 0.217. The molecule has 0 saturated heterocycles. The number of rotatable bonds is 3. The Balaban J connectivity index is 2.07. The zero-order valence-electron chi connectivity index (χ0n) is 8.71. The summed E-state index contributed by atoms with van der Waals surface area (Å²) >= 11 is 9.30. The first-order valence-electron chi connectivity index (χ1n) is 4.89. The van der Waals surface area contributed by atoms with E-state index in [1.807, 2.05) is 0 Å². The van der Waals surface area contributed by atoms with E-state index >= 15 is 0 Å². The molecule has 2 N–H and O–H groups in total. The third kappa shape index (κ3) is 2.87. The van der Waals surface area contributed by atoms with Crippen LogP contribution in [0.5, 0.6) is 0 Å². The van der Waals surface area contributed by atoms with Gasteiger partial charge in [0.05, 0.1) is 22.8 Å². The van der Waals surface area contributed by atoms with Gasteiger partial charge in [-0.2, -0.15) is 5.10 Å². The van der Waals surface area contributed by atoms with Crippen molar-refractivity contribution in [2.45, 2.75) is 6.54 Å². The van der Waals surface area contributed by atoms with Gasteiger partial charge in [0.1, 0.15) is 0 Å². The molecule has 0 aliphatic carbocycles. The van der Waals surface area contributed by atoms with Gasteiger partial charge in [0.15, 0.2) is 0 Å². The first-order chi connectivity index (χ1) is 8.18. The van der Waals surface area contributed by atoms with Crippen molar-refractivity contribution in [3.63, 3.8) is 0 Å². The van der Waals surface area contributed by atoms with Crippen LogP contribution < -0.4 is 5.32 Å². The molecular formula is C11H9BrClN3O. The van der Waals surface area contributed by atoms with Gasteiger partial charge in [-0.1, -0.05) is 17.7 Å². The lowest BCUT2D eigenvalue weighted by Crippen LogP contribution is -2.23. The number of nitrogens with zero attached hydrogens (tertiary/aromatic N) is 1. The Morgan fingerprint density at radius 1 is 1.47 bits per heavy atom. The average molecular weight is 315 g/mol. The normalized spacial score (nSPS) is 10.2. The van der Waals surface area contributed by atoms with Crippen molar-refractivity contribution in [3.8, 4) is 0 Å². The Morgan fingerprint density at radius 3 is 3.00 bits per heavy atom. The fraction of sp³-hybridized carbons (Fsp3) is 0.0909. The second-order valence-corrected chi connectivity index (χ2v) is 4.60. The van der Waals surface area contributed by atoms with Crippen molar-refractivity contribution >= 4 is 33.4 Å². The summed E-state index contributed by atoms with van der Waals surface area (Å²) in [5.41, 5.74) is 1.28. The van der Waals surface area contributed by atoms with Crippen LogP contribution in [-0.2, 0) is 6.54 Å². The average Bonchev–Trinajstić information content (AvgIpc) is 2.82. The molecule has 1 aromatic heterocycles. The van der Waals surface area contributed by atoms with Crippen molar-refractivity contribution in [1.29, 1.82) is 0 Å². The number of H-pyrrole nitrogens is 1. The molecule has 1 heterocycles. The Kier molecular flexibility index (Phi) is 3.81. The third-order valence-corrected chi connectivity index (χ3v) is 3.49. The van der Waals surface area contributed by atoms with E-state index in [-0.39, 0.29) is 5.91 Å². The van der Waals surface area contributed by atoms with Crippen molar-refractivity contribution in [2.75, 3.05) is 0 Å². The monoisotopic (exact) mass is 313 g/mol. The quantitative estimate of drug-likeness (QED) is 0.915. The van der Waals surface area contributed by atoms with Gasteiger partial charge in [0, 0.05) is 10.7 Å². The number of aromatic amines is 1. The molecule has 0 aliphatic rings. The van der Waals surface area contributed by atoms with Crippen molar-refractivity contribution in [3.05, 3.63) is 51.2 Å². The van der Waals surface area contributed by atoms with Crippen LogP contribution >= 0.6 is 27.5 Å². The molecule has 0 bridgehead atoms. The largest absolute Gasteiger partial charge is 0.346 e. The minimum Gasteiger partial charge on any atom is -0.346 e. The molecule has 2 aromatic rings. The van der Waals surface area contributed by atoms with E-state index in [4.69, 9.17) is 11.6 Å². The number of nitrogens with one attached hydrogen (secondary N) is 2. The lowest BCUT2D eigenvalue weighted by molar-refractivity contribution is 0.0950. The van der Waals surface area contributed by atoms with E-state index in [2.05, 4.69) is 31.4 Å². The number of carbonyl (C=O) groups is 1. The summed E-state index contributed by atoms with van der Waals surface area (Å²) in [6.07, 6.45) is 1.63. The van der Waals surface area contributed by atoms with Gasteiger partial charge in [0.25, 0.3) is 5.91 Å². The number of benzene rings is 1. The molecule has 88 valence electrons.